The lowest BCUT2D eigenvalue weighted by Crippen LogP contribution is -2.43. The fourth-order valence-electron chi connectivity index (χ4n) is 3.68. The lowest BCUT2D eigenvalue weighted by Gasteiger charge is -2.32. The maximum absolute atomic E-state index is 12.6. The molecule has 0 saturated carbocycles. The lowest BCUT2D eigenvalue weighted by atomic mass is 9.97. The molecular formula is C23H26N4O2. The van der Waals surface area contributed by atoms with E-state index in [1.54, 1.807) is 6.26 Å². The highest BCUT2D eigenvalue weighted by molar-refractivity contribution is 5.79. The Morgan fingerprint density at radius 1 is 1.17 bits per heavy atom. The van der Waals surface area contributed by atoms with E-state index in [0.29, 0.717) is 13.1 Å². The summed E-state index contributed by atoms with van der Waals surface area (Å²) in [6.07, 6.45) is 3.46. The van der Waals surface area contributed by atoms with Crippen molar-refractivity contribution in [1.82, 2.24) is 15.5 Å². The molecule has 3 heterocycles. The Morgan fingerprint density at radius 3 is 2.79 bits per heavy atom. The number of amides is 1. The molecular weight excluding hydrogens is 364 g/mol. The Bertz CT molecular complexity index is 967. The van der Waals surface area contributed by atoms with Crippen LogP contribution in [0, 0.1) is 19.8 Å². The molecule has 1 N–H and O–H groups in total. The predicted octanol–water partition coefficient (Wildman–Crippen LogP) is 3.89. The number of anilines is 1. The summed E-state index contributed by atoms with van der Waals surface area (Å²) >= 11 is 0. The van der Waals surface area contributed by atoms with Gasteiger partial charge >= 0.3 is 0 Å². The van der Waals surface area contributed by atoms with Crippen molar-refractivity contribution in [3.05, 3.63) is 65.6 Å². The van der Waals surface area contributed by atoms with E-state index in [2.05, 4.69) is 52.5 Å². The van der Waals surface area contributed by atoms with Gasteiger partial charge in [0.2, 0.25) is 5.91 Å². The molecule has 1 atom stereocenters. The number of nitrogens with one attached hydrogen (secondary N) is 1. The molecule has 1 fully saturated rings. The first-order chi connectivity index (χ1) is 14.1. The third-order valence-corrected chi connectivity index (χ3v) is 5.59. The molecule has 150 valence electrons. The van der Waals surface area contributed by atoms with Crippen LogP contribution in [0.1, 0.15) is 29.7 Å². The van der Waals surface area contributed by atoms with Gasteiger partial charge < -0.3 is 14.6 Å². The van der Waals surface area contributed by atoms with Gasteiger partial charge in [-0.05, 0) is 68.1 Å². The van der Waals surface area contributed by atoms with Crippen molar-refractivity contribution in [2.45, 2.75) is 33.2 Å². The first-order valence-corrected chi connectivity index (χ1v) is 10.1. The predicted molar refractivity (Wildman–Crippen MR) is 112 cm³/mol. The molecule has 0 bridgehead atoms. The smallest absolute Gasteiger partial charge is 0.225 e. The van der Waals surface area contributed by atoms with Crippen molar-refractivity contribution in [2.24, 2.45) is 5.92 Å². The van der Waals surface area contributed by atoms with E-state index in [4.69, 9.17) is 4.42 Å². The van der Waals surface area contributed by atoms with Crippen LogP contribution in [-0.4, -0.2) is 29.2 Å². The zero-order valence-electron chi connectivity index (χ0n) is 16.9. The Labute approximate surface area is 170 Å². The van der Waals surface area contributed by atoms with Crippen LogP contribution in [0.3, 0.4) is 0 Å². The number of carbonyl (C=O) groups excluding carboxylic acids is 1. The molecule has 1 aromatic carbocycles. The number of hydrogen-bond donors (Lipinski definition) is 1. The van der Waals surface area contributed by atoms with Gasteiger partial charge in [0, 0.05) is 18.7 Å². The highest BCUT2D eigenvalue weighted by Crippen LogP contribution is 2.24. The van der Waals surface area contributed by atoms with Gasteiger partial charge in [0.25, 0.3) is 0 Å². The third kappa shape index (κ3) is 4.47. The van der Waals surface area contributed by atoms with Gasteiger partial charge in [0.15, 0.2) is 5.82 Å². The van der Waals surface area contributed by atoms with E-state index in [-0.39, 0.29) is 11.8 Å². The van der Waals surface area contributed by atoms with Crippen molar-refractivity contribution in [3.8, 4) is 11.3 Å². The van der Waals surface area contributed by atoms with Crippen LogP contribution in [0.2, 0.25) is 0 Å². The highest BCUT2D eigenvalue weighted by Gasteiger charge is 2.26. The van der Waals surface area contributed by atoms with Crippen LogP contribution >= 0.6 is 0 Å². The molecule has 6 nitrogen and oxygen atoms in total. The van der Waals surface area contributed by atoms with E-state index in [0.717, 1.165) is 42.2 Å². The topological polar surface area (TPSA) is 71.3 Å². The molecule has 1 aliphatic rings. The second-order valence-electron chi connectivity index (χ2n) is 7.66. The maximum Gasteiger partial charge on any atom is 0.225 e. The molecule has 1 saturated heterocycles. The van der Waals surface area contributed by atoms with Crippen molar-refractivity contribution in [3.63, 3.8) is 0 Å². The summed E-state index contributed by atoms with van der Waals surface area (Å²) in [5.74, 6) is 1.59. The second-order valence-corrected chi connectivity index (χ2v) is 7.66. The Kier molecular flexibility index (Phi) is 5.60. The minimum absolute atomic E-state index is 0.0556. The summed E-state index contributed by atoms with van der Waals surface area (Å²) in [5.41, 5.74) is 4.44. The van der Waals surface area contributed by atoms with E-state index in [9.17, 15) is 4.79 Å². The van der Waals surface area contributed by atoms with Crippen molar-refractivity contribution < 1.29 is 9.21 Å². The molecule has 29 heavy (non-hydrogen) atoms. The molecule has 0 aliphatic carbocycles. The molecule has 4 rings (SSSR count). The highest BCUT2D eigenvalue weighted by atomic mass is 16.3. The van der Waals surface area contributed by atoms with Gasteiger partial charge in [0.05, 0.1) is 24.4 Å². The molecule has 0 spiro atoms. The number of rotatable bonds is 5. The summed E-state index contributed by atoms with van der Waals surface area (Å²) in [6.45, 7) is 6.17. The quantitative estimate of drug-likeness (QED) is 0.716. The fraction of sp³-hybridized carbons (Fsp3) is 0.348. The Hall–Kier alpha value is -3.15. The first kappa shape index (κ1) is 19.2. The summed E-state index contributed by atoms with van der Waals surface area (Å²) in [6, 6.07) is 14.0. The number of benzene rings is 1. The fourth-order valence-corrected chi connectivity index (χ4v) is 3.68. The maximum atomic E-state index is 12.6. The van der Waals surface area contributed by atoms with Crippen molar-refractivity contribution in [2.75, 3.05) is 18.0 Å². The largest absolute Gasteiger partial charge is 0.467 e. The number of carbonyl (C=O) groups is 1. The number of piperidine rings is 1. The van der Waals surface area contributed by atoms with Crippen molar-refractivity contribution in [1.29, 1.82) is 0 Å². The van der Waals surface area contributed by atoms with Gasteiger partial charge in [-0.3, -0.25) is 4.79 Å². The second kappa shape index (κ2) is 8.47. The standard InChI is InChI=1S/C23H26N4O2/c1-16-7-8-18(13-17(16)2)21-9-10-22(26-25-21)27-11-3-5-19(15-27)23(28)24-14-20-6-4-12-29-20/h4,6-10,12-13,19H,3,5,11,14-15H2,1-2H3,(H,24,28)/t19-/m0/s1. The number of aryl methyl sites for hydroxylation is 2. The molecule has 6 heteroatoms. The van der Waals surface area contributed by atoms with Crippen LogP contribution in [-0.2, 0) is 11.3 Å². The Balaban J connectivity index is 1.40. The van der Waals surface area contributed by atoms with Gasteiger partial charge in [-0.25, -0.2) is 0 Å². The van der Waals surface area contributed by atoms with Crippen LogP contribution in [0.5, 0.6) is 0 Å². The average molecular weight is 390 g/mol. The SMILES string of the molecule is Cc1ccc(-c2ccc(N3CCC[C@H](C(=O)NCc4ccco4)C3)nn2)cc1C. The van der Waals surface area contributed by atoms with Gasteiger partial charge in [0.1, 0.15) is 5.76 Å². The zero-order chi connectivity index (χ0) is 20.2. The van der Waals surface area contributed by atoms with Crippen LogP contribution < -0.4 is 10.2 Å². The van der Waals surface area contributed by atoms with Crippen LogP contribution in [0.15, 0.2) is 53.1 Å². The molecule has 0 unspecified atom stereocenters. The van der Waals surface area contributed by atoms with E-state index < -0.39 is 0 Å². The molecule has 0 radical (unpaired) electrons. The number of nitrogens with zero attached hydrogens (tertiary/aromatic N) is 3. The van der Waals surface area contributed by atoms with Crippen LogP contribution in [0.4, 0.5) is 5.82 Å². The summed E-state index contributed by atoms with van der Waals surface area (Å²) in [7, 11) is 0. The zero-order valence-corrected chi connectivity index (χ0v) is 16.9. The van der Waals surface area contributed by atoms with E-state index in [1.165, 1.54) is 11.1 Å². The molecule has 2 aromatic heterocycles. The minimum atomic E-state index is -0.0556. The lowest BCUT2D eigenvalue weighted by molar-refractivity contribution is -0.125. The number of aromatic nitrogens is 2. The van der Waals surface area contributed by atoms with Gasteiger partial charge in [-0.15, -0.1) is 10.2 Å². The first-order valence-electron chi connectivity index (χ1n) is 10.1. The van der Waals surface area contributed by atoms with Crippen molar-refractivity contribution >= 4 is 11.7 Å². The summed E-state index contributed by atoms with van der Waals surface area (Å²) in [5, 5.41) is 11.8. The summed E-state index contributed by atoms with van der Waals surface area (Å²) < 4.78 is 5.28. The molecule has 1 aliphatic heterocycles. The Morgan fingerprint density at radius 2 is 2.07 bits per heavy atom. The normalized spacial score (nSPS) is 16.6. The number of furan rings is 1. The van der Waals surface area contributed by atoms with E-state index >= 15 is 0 Å². The summed E-state index contributed by atoms with van der Waals surface area (Å²) in [4.78, 5) is 14.7. The van der Waals surface area contributed by atoms with Crippen LogP contribution in [0.25, 0.3) is 11.3 Å². The van der Waals surface area contributed by atoms with Gasteiger partial charge in [-0.2, -0.15) is 0 Å². The van der Waals surface area contributed by atoms with E-state index in [1.807, 2.05) is 24.3 Å². The molecule has 3 aromatic rings. The molecule has 1 amide bonds. The average Bonchev–Trinajstić information content (AvgIpc) is 3.28. The monoisotopic (exact) mass is 390 g/mol. The minimum Gasteiger partial charge on any atom is -0.467 e. The third-order valence-electron chi connectivity index (χ3n) is 5.59. The number of hydrogen-bond acceptors (Lipinski definition) is 5. The van der Waals surface area contributed by atoms with Gasteiger partial charge in [-0.1, -0.05) is 12.1 Å².